The third kappa shape index (κ3) is 5.05. The van der Waals surface area contributed by atoms with Crippen molar-refractivity contribution >= 4 is 35.3 Å². The van der Waals surface area contributed by atoms with E-state index in [4.69, 9.17) is 16.0 Å². The molecule has 136 valence electrons. The number of rotatable bonds is 5. The monoisotopic (exact) mass is 381 g/mol. The topological polar surface area (TPSA) is 83.7 Å². The van der Waals surface area contributed by atoms with E-state index in [-0.39, 0.29) is 5.91 Å². The highest BCUT2D eigenvalue weighted by Gasteiger charge is 2.09. The van der Waals surface area contributed by atoms with Crippen LogP contribution in [0.3, 0.4) is 0 Å². The number of carbonyl (C=O) groups is 2. The first kappa shape index (κ1) is 18.4. The number of benzene rings is 2. The molecule has 3 rings (SSSR count). The van der Waals surface area contributed by atoms with Gasteiger partial charge in [0.25, 0.3) is 11.8 Å². The van der Waals surface area contributed by atoms with Crippen molar-refractivity contribution in [1.29, 1.82) is 0 Å². The lowest BCUT2D eigenvalue weighted by atomic mass is 10.1. The van der Waals surface area contributed by atoms with E-state index in [9.17, 15) is 9.59 Å². The highest BCUT2D eigenvalue weighted by molar-refractivity contribution is 6.31. The average Bonchev–Trinajstić information content (AvgIpc) is 3.07. The van der Waals surface area contributed by atoms with Crippen LogP contribution in [0.15, 0.2) is 70.2 Å². The number of carbonyl (C=O) groups excluding carboxylic acids is 2. The van der Waals surface area contributed by atoms with Crippen LogP contribution in [-0.4, -0.2) is 18.0 Å². The Balaban J connectivity index is 1.65. The summed E-state index contributed by atoms with van der Waals surface area (Å²) < 4.78 is 5.33. The molecule has 0 saturated heterocycles. The van der Waals surface area contributed by atoms with Gasteiger partial charge in [-0.25, -0.2) is 5.43 Å². The standard InChI is InChI=1S/C20H16ClN3O3/c1-13-8-9-18(27-13)12-22-24-20(26)15-5-3-7-17(11-15)23-19(25)14-4-2-6-16(21)10-14/h2-12H,1H3,(H,23,25)(H,24,26)/b22-12-. The molecule has 0 unspecified atom stereocenters. The van der Waals surface area contributed by atoms with Crippen LogP contribution >= 0.6 is 11.6 Å². The summed E-state index contributed by atoms with van der Waals surface area (Å²) in [5, 5.41) is 7.07. The molecule has 0 spiro atoms. The van der Waals surface area contributed by atoms with E-state index in [1.54, 1.807) is 60.7 Å². The Morgan fingerprint density at radius 1 is 1.00 bits per heavy atom. The van der Waals surface area contributed by atoms with Crippen molar-refractivity contribution in [1.82, 2.24) is 5.43 Å². The minimum absolute atomic E-state index is 0.318. The molecular formula is C20H16ClN3O3. The molecule has 27 heavy (non-hydrogen) atoms. The fourth-order valence-corrected chi connectivity index (χ4v) is 2.50. The Bertz CT molecular complexity index is 1010. The summed E-state index contributed by atoms with van der Waals surface area (Å²) in [5.41, 5.74) is 3.68. The summed E-state index contributed by atoms with van der Waals surface area (Å²) >= 11 is 5.90. The van der Waals surface area contributed by atoms with Crippen LogP contribution in [0, 0.1) is 6.92 Å². The van der Waals surface area contributed by atoms with Crippen LogP contribution in [0.1, 0.15) is 32.2 Å². The molecule has 0 fully saturated rings. The summed E-state index contributed by atoms with van der Waals surface area (Å²) in [5.74, 6) is 0.566. The van der Waals surface area contributed by atoms with E-state index in [0.717, 1.165) is 5.76 Å². The largest absolute Gasteiger partial charge is 0.460 e. The third-order valence-electron chi connectivity index (χ3n) is 3.59. The maximum Gasteiger partial charge on any atom is 0.271 e. The van der Waals surface area contributed by atoms with E-state index < -0.39 is 5.91 Å². The van der Waals surface area contributed by atoms with Crippen LogP contribution in [0.4, 0.5) is 5.69 Å². The van der Waals surface area contributed by atoms with Crippen molar-refractivity contribution in [3.05, 3.63) is 88.3 Å². The lowest BCUT2D eigenvalue weighted by molar-refractivity contribution is 0.0953. The van der Waals surface area contributed by atoms with E-state index >= 15 is 0 Å². The molecule has 0 atom stereocenters. The van der Waals surface area contributed by atoms with Gasteiger partial charge in [0.2, 0.25) is 0 Å². The Kier molecular flexibility index (Phi) is 5.68. The van der Waals surface area contributed by atoms with Gasteiger partial charge in [0.1, 0.15) is 11.5 Å². The summed E-state index contributed by atoms with van der Waals surface area (Å²) in [6.07, 6.45) is 1.41. The molecule has 0 radical (unpaired) electrons. The summed E-state index contributed by atoms with van der Waals surface area (Å²) in [7, 11) is 0. The zero-order valence-electron chi connectivity index (χ0n) is 14.4. The smallest absolute Gasteiger partial charge is 0.271 e. The molecule has 6 nitrogen and oxygen atoms in total. The van der Waals surface area contributed by atoms with E-state index in [2.05, 4.69) is 15.8 Å². The van der Waals surface area contributed by atoms with Gasteiger partial charge in [-0.1, -0.05) is 23.7 Å². The molecule has 2 aromatic carbocycles. The number of halogens is 1. The van der Waals surface area contributed by atoms with Gasteiger partial charge in [0.05, 0.1) is 6.21 Å². The Morgan fingerprint density at radius 3 is 2.44 bits per heavy atom. The molecule has 0 bridgehead atoms. The molecule has 2 amide bonds. The van der Waals surface area contributed by atoms with Crippen LogP contribution in [-0.2, 0) is 0 Å². The Morgan fingerprint density at radius 2 is 1.74 bits per heavy atom. The lowest BCUT2D eigenvalue weighted by Gasteiger charge is -2.07. The first-order valence-corrected chi connectivity index (χ1v) is 8.46. The molecule has 2 N–H and O–H groups in total. The normalized spacial score (nSPS) is 10.7. The fourth-order valence-electron chi connectivity index (χ4n) is 2.31. The van der Waals surface area contributed by atoms with Crippen molar-refractivity contribution < 1.29 is 14.0 Å². The Labute approximate surface area is 160 Å². The second-order valence-corrected chi connectivity index (χ2v) is 6.13. The van der Waals surface area contributed by atoms with Gasteiger partial charge in [0, 0.05) is 21.8 Å². The van der Waals surface area contributed by atoms with Crippen molar-refractivity contribution in [3.63, 3.8) is 0 Å². The van der Waals surface area contributed by atoms with Gasteiger partial charge in [-0.3, -0.25) is 9.59 Å². The number of hydrogen-bond donors (Lipinski definition) is 2. The summed E-state index contributed by atoms with van der Waals surface area (Å²) in [4.78, 5) is 24.5. The highest BCUT2D eigenvalue weighted by atomic mass is 35.5. The molecule has 0 aliphatic carbocycles. The number of nitrogens with one attached hydrogen (secondary N) is 2. The summed E-state index contributed by atoms with van der Waals surface area (Å²) in [6.45, 7) is 1.82. The minimum Gasteiger partial charge on any atom is -0.460 e. The minimum atomic E-state index is -0.409. The number of furan rings is 1. The number of aryl methyl sites for hydroxylation is 1. The molecule has 1 aromatic heterocycles. The zero-order valence-corrected chi connectivity index (χ0v) is 15.2. The number of hydrogen-bond acceptors (Lipinski definition) is 4. The number of hydrazone groups is 1. The molecular weight excluding hydrogens is 366 g/mol. The highest BCUT2D eigenvalue weighted by Crippen LogP contribution is 2.15. The predicted molar refractivity (Wildman–Crippen MR) is 104 cm³/mol. The van der Waals surface area contributed by atoms with Crippen molar-refractivity contribution in [2.24, 2.45) is 5.10 Å². The lowest BCUT2D eigenvalue weighted by Crippen LogP contribution is -2.18. The molecule has 1 heterocycles. The van der Waals surface area contributed by atoms with Gasteiger partial charge >= 0.3 is 0 Å². The number of amides is 2. The third-order valence-corrected chi connectivity index (χ3v) is 3.82. The van der Waals surface area contributed by atoms with Crippen LogP contribution < -0.4 is 10.7 Å². The quantitative estimate of drug-likeness (QED) is 0.511. The first-order valence-electron chi connectivity index (χ1n) is 8.08. The predicted octanol–water partition coefficient (Wildman–Crippen LogP) is 4.26. The van der Waals surface area contributed by atoms with Crippen molar-refractivity contribution in [2.75, 3.05) is 5.32 Å². The van der Waals surface area contributed by atoms with Gasteiger partial charge in [-0.05, 0) is 55.5 Å². The molecule has 0 aliphatic rings. The van der Waals surface area contributed by atoms with Gasteiger partial charge in [0.15, 0.2) is 0 Å². The fraction of sp³-hybridized carbons (Fsp3) is 0.0500. The molecule has 7 heteroatoms. The van der Waals surface area contributed by atoms with Gasteiger partial charge < -0.3 is 9.73 Å². The van der Waals surface area contributed by atoms with E-state index in [1.165, 1.54) is 6.21 Å². The van der Waals surface area contributed by atoms with Gasteiger partial charge in [-0.15, -0.1) is 0 Å². The van der Waals surface area contributed by atoms with E-state index in [0.29, 0.717) is 27.6 Å². The van der Waals surface area contributed by atoms with Gasteiger partial charge in [-0.2, -0.15) is 5.10 Å². The second-order valence-electron chi connectivity index (χ2n) is 5.69. The van der Waals surface area contributed by atoms with Crippen LogP contribution in [0.5, 0.6) is 0 Å². The summed E-state index contributed by atoms with van der Waals surface area (Å²) in [6, 6.07) is 16.7. The zero-order chi connectivity index (χ0) is 19.2. The maximum absolute atomic E-state index is 12.3. The molecule has 0 aliphatic heterocycles. The second kappa shape index (κ2) is 8.33. The van der Waals surface area contributed by atoms with Crippen molar-refractivity contribution in [3.8, 4) is 0 Å². The Hall–Kier alpha value is -3.38. The molecule has 0 saturated carbocycles. The SMILES string of the molecule is Cc1ccc(/C=N\NC(=O)c2cccc(NC(=O)c3cccc(Cl)c3)c2)o1. The van der Waals surface area contributed by atoms with Crippen LogP contribution in [0.25, 0.3) is 0 Å². The van der Waals surface area contributed by atoms with Crippen LogP contribution in [0.2, 0.25) is 5.02 Å². The number of nitrogens with zero attached hydrogens (tertiary/aromatic N) is 1. The van der Waals surface area contributed by atoms with Crippen molar-refractivity contribution in [2.45, 2.75) is 6.92 Å². The first-order chi connectivity index (χ1) is 13.0. The average molecular weight is 382 g/mol. The maximum atomic E-state index is 12.3. The van der Waals surface area contributed by atoms with E-state index in [1.807, 2.05) is 6.92 Å². The number of anilines is 1. The molecule has 3 aromatic rings.